The van der Waals surface area contributed by atoms with Crippen LogP contribution < -0.4 is 5.32 Å². The van der Waals surface area contributed by atoms with E-state index in [1.807, 2.05) is 13.8 Å². The highest BCUT2D eigenvalue weighted by Gasteiger charge is 2.24. The molecule has 6 nitrogen and oxygen atoms in total. The Morgan fingerprint density at radius 2 is 1.52 bits per heavy atom. The van der Waals surface area contributed by atoms with Crippen molar-refractivity contribution in [1.82, 2.24) is 10.2 Å². The summed E-state index contributed by atoms with van der Waals surface area (Å²) in [6, 6.07) is 6.53. The normalized spacial score (nSPS) is 11.6. The molecular formula is C25H30F2N2O4. The number of carbonyl (C=O) groups excluding carboxylic acids is 3. The lowest BCUT2D eigenvalue weighted by Gasteiger charge is -2.22. The van der Waals surface area contributed by atoms with Gasteiger partial charge in [-0.2, -0.15) is 0 Å². The molecule has 2 amide bonds. The van der Waals surface area contributed by atoms with E-state index in [-0.39, 0.29) is 23.5 Å². The van der Waals surface area contributed by atoms with E-state index in [2.05, 4.69) is 5.32 Å². The lowest BCUT2D eigenvalue weighted by atomic mass is 10.0. The van der Waals surface area contributed by atoms with Gasteiger partial charge in [0.25, 0.3) is 11.8 Å². The smallest absolute Gasteiger partial charge is 0.328 e. The molecule has 0 aromatic heterocycles. The van der Waals surface area contributed by atoms with Gasteiger partial charge in [-0.1, -0.05) is 13.8 Å². The number of halogens is 2. The third-order valence-corrected chi connectivity index (χ3v) is 5.01. The molecule has 0 bridgehead atoms. The minimum Gasteiger partial charge on any atom is -0.467 e. The number of nitrogens with one attached hydrogen (secondary N) is 1. The number of rotatable bonds is 10. The number of amides is 2. The highest BCUT2D eigenvalue weighted by molar-refractivity contribution is 6.01. The summed E-state index contributed by atoms with van der Waals surface area (Å²) in [7, 11) is 1.16. The molecule has 0 aliphatic carbocycles. The van der Waals surface area contributed by atoms with Crippen LogP contribution in [0.4, 0.5) is 8.78 Å². The Morgan fingerprint density at radius 3 is 2.06 bits per heavy atom. The summed E-state index contributed by atoms with van der Waals surface area (Å²) in [5.41, 5.74) is 1.48. The molecule has 0 aliphatic heterocycles. The first-order valence-corrected chi connectivity index (χ1v) is 10.9. The zero-order valence-corrected chi connectivity index (χ0v) is 19.4. The standard InChI is InChI=1S/C25H30F2N2O4/c1-5-7-29(8-6-2)24(31)19-10-16(3)9-18(14-19)23(30)28-22(25(32)33-4)13-17-11-20(26)15-21(27)12-17/h9-12,14-15,22H,5-8,13H2,1-4H3,(H,28,30)/t22-/m0/s1. The van der Waals surface area contributed by atoms with E-state index in [0.29, 0.717) is 24.2 Å². The quantitative estimate of drug-likeness (QED) is 0.543. The maximum atomic E-state index is 13.5. The molecule has 0 saturated heterocycles. The summed E-state index contributed by atoms with van der Waals surface area (Å²) in [5.74, 6) is -3.10. The van der Waals surface area contributed by atoms with E-state index in [0.717, 1.165) is 38.2 Å². The summed E-state index contributed by atoms with van der Waals surface area (Å²) in [6.07, 6.45) is 1.46. The highest BCUT2D eigenvalue weighted by atomic mass is 19.1. The average molecular weight is 461 g/mol. The maximum absolute atomic E-state index is 13.5. The minimum atomic E-state index is -1.17. The van der Waals surface area contributed by atoms with Crippen molar-refractivity contribution in [1.29, 1.82) is 0 Å². The molecule has 0 spiro atoms. The van der Waals surface area contributed by atoms with Crippen LogP contribution in [0, 0.1) is 18.6 Å². The van der Waals surface area contributed by atoms with Crippen LogP contribution in [0.1, 0.15) is 58.5 Å². The Kier molecular flexibility index (Phi) is 9.51. The predicted molar refractivity (Wildman–Crippen MR) is 121 cm³/mol. The van der Waals surface area contributed by atoms with Gasteiger partial charge >= 0.3 is 5.97 Å². The van der Waals surface area contributed by atoms with Crippen molar-refractivity contribution in [3.63, 3.8) is 0 Å². The molecule has 1 atom stereocenters. The third kappa shape index (κ3) is 7.37. The predicted octanol–water partition coefficient (Wildman–Crippen LogP) is 4.05. The number of methoxy groups -OCH3 is 1. The van der Waals surface area contributed by atoms with Crippen molar-refractivity contribution in [3.8, 4) is 0 Å². The van der Waals surface area contributed by atoms with Crippen molar-refractivity contribution < 1.29 is 27.9 Å². The second-order valence-electron chi connectivity index (χ2n) is 7.91. The van der Waals surface area contributed by atoms with Gasteiger partial charge in [0.1, 0.15) is 17.7 Å². The lowest BCUT2D eigenvalue weighted by molar-refractivity contribution is -0.142. The summed E-state index contributed by atoms with van der Waals surface area (Å²) >= 11 is 0. The van der Waals surface area contributed by atoms with Crippen molar-refractivity contribution >= 4 is 17.8 Å². The first kappa shape index (κ1) is 26.0. The van der Waals surface area contributed by atoms with E-state index in [9.17, 15) is 23.2 Å². The van der Waals surface area contributed by atoms with Crippen molar-refractivity contribution in [2.45, 2.75) is 46.1 Å². The fourth-order valence-corrected chi connectivity index (χ4v) is 3.62. The van der Waals surface area contributed by atoms with E-state index >= 15 is 0 Å². The number of carbonyl (C=O) groups is 3. The molecule has 0 heterocycles. The molecule has 8 heteroatoms. The number of nitrogens with zero attached hydrogens (tertiary/aromatic N) is 1. The molecule has 2 aromatic rings. The molecule has 0 aliphatic rings. The van der Waals surface area contributed by atoms with Crippen LogP contribution in [0.5, 0.6) is 0 Å². The Balaban J connectivity index is 2.28. The zero-order valence-electron chi connectivity index (χ0n) is 19.4. The van der Waals surface area contributed by atoms with Crippen LogP contribution in [-0.2, 0) is 16.0 Å². The van der Waals surface area contributed by atoms with E-state index in [1.165, 1.54) is 6.07 Å². The third-order valence-electron chi connectivity index (χ3n) is 5.01. The number of aryl methyl sites for hydroxylation is 1. The number of hydrogen-bond donors (Lipinski definition) is 1. The molecule has 2 aromatic carbocycles. The Hall–Kier alpha value is -3.29. The summed E-state index contributed by atoms with van der Waals surface area (Å²) < 4.78 is 31.8. The molecular weight excluding hydrogens is 430 g/mol. The van der Waals surface area contributed by atoms with Gasteiger partial charge in [-0.3, -0.25) is 9.59 Å². The number of benzene rings is 2. The van der Waals surface area contributed by atoms with E-state index < -0.39 is 29.6 Å². The van der Waals surface area contributed by atoms with Gasteiger partial charge in [0.15, 0.2) is 0 Å². The van der Waals surface area contributed by atoms with Crippen LogP contribution in [0.3, 0.4) is 0 Å². The Bertz CT molecular complexity index is 984. The number of hydrogen-bond acceptors (Lipinski definition) is 4. The topological polar surface area (TPSA) is 75.7 Å². The molecule has 0 saturated carbocycles. The molecule has 0 fully saturated rings. The first-order valence-electron chi connectivity index (χ1n) is 10.9. The maximum Gasteiger partial charge on any atom is 0.328 e. The average Bonchev–Trinajstić information content (AvgIpc) is 2.76. The SMILES string of the molecule is CCCN(CCC)C(=O)c1cc(C)cc(C(=O)N[C@@H](Cc2cc(F)cc(F)c2)C(=O)OC)c1. The molecule has 1 N–H and O–H groups in total. The van der Waals surface area contributed by atoms with Gasteiger partial charge < -0.3 is 15.0 Å². The monoisotopic (exact) mass is 460 g/mol. The van der Waals surface area contributed by atoms with Crippen LogP contribution in [0.25, 0.3) is 0 Å². The van der Waals surface area contributed by atoms with Crippen LogP contribution in [0.2, 0.25) is 0 Å². The number of esters is 1. The van der Waals surface area contributed by atoms with Crippen LogP contribution in [0.15, 0.2) is 36.4 Å². The van der Waals surface area contributed by atoms with Gasteiger partial charge in [-0.05, 0) is 61.2 Å². The fourth-order valence-electron chi connectivity index (χ4n) is 3.62. The van der Waals surface area contributed by atoms with Crippen molar-refractivity contribution in [3.05, 3.63) is 70.3 Å². The van der Waals surface area contributed by atoms with Gasteiger partial charge in [-0.15, -0.1) is 0 Å². The van der Waals surface area contributed by atoms with Gasteiger partial charge in [0.05, 0.1) is 7.11 Å². The zero-order chi connectivity index (χ0) is 24.5. The summed E-state index contributed by atoms with van der Waals surface area (Å²) in [6.45, 7) is 6.96. The second-order valence-corrected chi connectivity index (χ2v) is 7.91. The van der Waals surface area contributed by atoms with Gasteiger partial charge in [0.2, 0.25) is 0 Å². The largest absolute Gasteiger partial charge is 0.467 e. The summed E-state index contributed by atoms with van der Waals surface area (Å²) in [4.78, 5) is 39.9. The molecule has 0 radical (unpaired) electrons. The van der Waals surface area contributed by atoms with E-state index in [1.54, 1.807) is 24.0 Å². The highest BCUT2D eigenvalue weighted by Crippen LogP contribution is 2.15. The molecule has 33 heavy (non-hydrogen) atoms. The van der Waals surface area contributed by atoms with Gasteiger partial charge in [-0.25, -0.2) is 13.6 Å². The number of ether oxygens (including phenoxy) is 1. The van der Waals surface area contributed by atoms with Gasteiger partial charge in [0, 0.05) is 36.7 Å². The molecule has 2 rings (SSSR count). The summed E-state index contributed by atoms with van der Waals surface area (Å²) in [5, 5.41) is 2.56. The van der Waals surface area contributed by atoms with Crippen molar-refractivity contribution in [2.75, 3.05) is 20.2 Å². The Morgan fingerprint density at radius 1 is 0.939 bits per heavy atom. The van der Waals surface area contributed by atoms with E-state index in [4.69, 9.17) is 4.74 Å². The minimum absolute atomic E-state index is 0.161. The second kappa shape index (κ2) is 12.1. The van der Waals surface area contributed by atoms with Crippen LogP contribution >= 0.6 is 0 Å². The molecule has 178 valence electrons. The molecule has 0 unspecified atom stereocenters. The first-order chi connectivity index (χ1) is 15.7. The van der Waals surface area contributed by atoms with Crippen molar-refractivity contribution in [2.24, 2.45) is 0 Å². The van der Waals surface area contributed by atoms with Crippen LogP contribution in [-0.4, -0.2) is 48.9 Å². The lowest BCUT2D eigenvalue weighted by Crippen LogP contribution is -2.43. The fraction of sp³-hybridized carbons (Fsp3) is 0.400. The Labute approximate surface area is 192 Å².